The number of fused-ring (bicyclic) bond motifs is 1. The zero-order valence-electron chi connectivity index (χ0n) is 19.0. The van der Waals surface area contributed by atoms with Gasteiger partial charge in [0.2, 0.25) is 5.91 Å². The van der Waals surface area contributed by atoms with Crippen molar-refractivity contribution in [2.45, 2.75) is 62.9 Å². The standard InChI is InChI=1S/C24H32N6OS/c1-18(2)32-24-27-22(29-14-7-4-8-15-29)20-17-26-30(23(20)28-24)16-13-25-21(31)12-11-19-9-5-3-6-10-19/h3,5-6,9-10,17-18H,4,7-8,11-16H2,1-2H3,(H,25,31). The van der Waals surface area contributed by atoms with Gasteiger partial charge in [0.15, 0.2) is 10.8 Å². The number of rotatable bonds is 9. The smallest absolute Gasteiger partial charge is 0.220 e. The lowest BCUT2D eigenvalue weighted by Crippen LogP contribution is -2.30. The first-order chi connectivity index (χ1) is 15.6. The molecule has 0 aliphatic carbocycles. The topological polar surface area (TPSA) is 75.9 Å². The van der Waals surface area contributed by atoms with E-state index in [9.17, 15) is 4.79 Å². The molecule has 0 spiro atoms. The maximum absolute atomic E-state index is 12.3. The van der Waals surface area contributed by atoms with Crippen LogP contribution >= 0.6 is 11.8 Å². The number of thioether (sulfide) groups is 1. The fraction of sp³-hybridized carbons (Fsp3) is 0.500. The van der Waals surface area contributed by atoms with E-state index >= 15 is 0 Å². The van der Waals surface area contributed by atoms with Gasteiger partial charge in [-0.05, 0) is 31.2 Å². The minimum atomic E-state index is 0.0602. The van der Waals surface area contributed by atoms with E-state index in [0.29, 0.717) is 24.8 Å². The quantitative estimate of drug-likeness (QED) is 0.390. The highest BCUT2D eigenvalue weighted by atomic mass is 32.2. The van der Waals surface area contributed by atoms with Crippen molar-refractivity contribution in [3.8, 4) is 0 Å². The molecule has 8 heteroatoms. The molecule has 3 aromatic rings. The van der Waals surface area contributed by atoms with E-state index in [4.69, 9.17) is 9.97 Å². The SMILES string of the molecule is CC(C)Sc1nc(N2CCCCC2)c2cnn(CCNC(=O)CCc3ccccc3)c2n1. The summed E-state index contributed by atoms with van der Waals surface area (Å²) in [6.45, 7) is 7.48. The van der Waals surface area contributed by atoms with Gasteiger partial charge in [0.25, 0.3) is 0 Å². The van der Waals surface area contributed by atoms with Gasteiger partial charge in [-0.3, -0.25) is 4.79 Å². The molecule has 1 aliphatic rings. The summed E-state index contributed by atoms with van der Waals surface area (Å²) in [7, 11) is 0. The molecule has 1 fully saturated rings. The number of hydrogen-bond acceptors (Lipinski definition) is 6. The van der Waals surface area contributed by atoms with Crippen LogP contribution in [0.2, 0.25) is 0 Å². The molecule has 3 heterocycles. The molecule has 0 atom stereocenters. The van der Waals surface area contributed by atoms with Gasteiger partial charge in [0, 0.05) is 31.3 Å². The average Bonchev–Trinajstić information content (AvgIpc) is 3.21. The van der Waals surface area contributed by atoms with E-state index in [0.717, 1.165) is 41.5 Å². The Balaban J connectivity index is 1.43. The van der Waals surface area contributed by atoms with Crippen molar-refractivity contribution < 1.29 is 4.79 Å². The number of aromatic nitrogens is 4. The van der Waals surface area contributed by atoms with Gasteiger partial charge in [0.05, 0.1) is 18.1 Å². The molecule has 170 valence electrons. The van der Waals surface area contributed by atoms with Gasteiger partial charge in [-0.2, -0.15) is 5.10 Å². The number of benzene rings is 1. The maximum atomic E-state index is 12.3. The summed E-state index contributed by atoms with van der Waals surface area (Å²) >= 11 is 1.68. The molecule has 0 radical (unpaired) electrons. The molecule has 0 unspecified atom stereocenters. The summed E-state index contributed by atoms with van der Waals surface area (Å²) in [5.41, 5.74) is 2.03. The van der Waals surface area contributed by atoms with Crippen molar-refractivity contribution in [1.29, 1.82) is 0 Å². The molecular weight excluding hydrogens is 420 g/mol. The summed E-state index contributed by atoms with van der Waals surface area (Å²) in [6.07, 6.45) is 6.78. The van der Waals surface area contributed by atoms with Gasteiger partial charge in [-0.25, -0.2) is 14.6 Å². The summed E-state index contributed by atoms with van der Waals surface area (Å²) in [4.78, 5) is 24.4. The van der Waals surface area contributed by atoms with Crippen molar-refractivity contribution in [2.24, 2.45) is 0 Å². The van der Waals surface area contributed by atoms with E-state index in [1.165, 1.54) is 24.8 Å². The largest absolute Gasteiger partial charge is 0.356 e. The third kappa shape index (κ3) is 5.79. The van der Waals surface area contributed by atoms with E-state index < -0.39 is 0 Å². The van der Waals surface area contributed by atoms with Crippen LogP contribution < -0.4 is 10.2 Å². The first-order valence-corrected chi connectivity index (χ1v) is 12.4. The average molecular weight is 453 g/mol. The summed E-state index contributed by atoms with van der Waals surface area (Å²) < 4.78 is 1.90. The van der Waals surface area contributed by atoms with Crippen molar-refractivity contribution >= 4 is 34.5 Å². The third-order valence-corrected chi connectivity index (χ3v) is 6.45. The monoisotopic (exact) mass is 452 g/mol. The van der Waals surface area contributed by atoms with E-state index in [-0.39, 0.29) is 5.91 Å². The second kappa shape index (κ2) is 10.8. The number of nitrogens with one attached hydrogen (secondary N) is 1. The molecule has 2 aromatic heterocycles. The van der Waals surface area contributed by atoms with Gasteiger partial charge in [-0.15, -0.1) is 0 Å². The number of carbonyl (C=O) groups excluding carboxylic acids is 1. The lowest BCUT2D eigenvalue weighted by atomic mass is 10.1. The number of nitrogens with zero attached hydrogens (tertiary/aromatic N) is 5. The number of piperidine rings is 1. The normalized spacial score (nSPS) is 14.3. The molecule has 1 amide bonds. The molecular formula is C24H32N6OS. The maximum Gasteiger partial charge on any atom is 0.220 e. The minimum absolute atomic E-state index is 0.0602. The zero-order chi connectivity index (χ0) is 22.3. The second-order valence-corrected chi connectivity index (χ2v) is 10.0. The first-order valence-electron chi connectivity index (χ1n) is 11.6. The molecule has 0 saturated carbocycles. The lowest BCUT2D eigenvalue weighted by molar-refractivity contribution is -0.121. The van der Waals surface area contributed by atoms with Crippen molar-refractivity contribution in [2.75, 3.05) is 24.5 Å². The molecule has 32 heavy (non-hydrogen) atoms. The van der Waals surface area contributed by atoms with Crippen LogP contribution in [0.3, 0.4) is 0 Å². The molecule has 1 aromatic carbocycles. The first kappa shape index (κ1) is 22.6. The highest BCUT2D eigenvalue weighted by Gasteiger charge is 2.20. The van der Waals surface area contributed by atoms with Crippen LogP contribution in [0.5, 0.6) is 0 Å². The van der Waals surface area contributed by atoms with Gasteiger partial charge in [0.1, 0.15) is 5.82 Å². The number of anilines is 1. The van der Waals surface area contributed by atoms with Crippen LogP contribution in [0.15, 0.2) is 41.7 Å². The number of hydrogen-bond donors (Lipinski definition) is 1. The van der Waals surface area contributed by atoms with Crippen LogP contribution in [0.25, 0.3) is 11.0 Å². The third-order valence-electron chi connectivity index (χ3n) is 5.58. The predicted octanol–water partition coefficient (Wildman–Crippen LogP) is 4.07. The van der Waals surface area contributed by atoms with Crippen LogP contribution in [0.1, 0.15) is 45.1 Å². The van der Waals surface area contributed by atoms with Crippen molar-refractivity contribution in [3.05, 3.63) is 42.1 Å². The van der Waals surface area contributed by atoms with Gasteiger partial charge < -0.3 is 10.2 Å². The Labute approximate surface area is 194 Å². The summed E-state index contributed by atoms with van der Waals surface area (Å²) in [5, 5.41) is 9.80. The second-order valence-electron chi connectivity index (χ2n) is 8.48. The van der Waals surface area contributed by atoms with E-state index in [2.05, 4.69) is 41.3 Å². The van der Waals surface area contributed by atoms with Crippen molar-refractivity contribution in [3.63, 3.8) is 0 Å². The summed E-state index contributed by atoms with van der Waals surface area (Å²) in [5.74, 6) is 1.06. The van der Waals surface area contributed by atoms with Crippen LogP contribution in [-0.2, 0) is 17.8 Å². The van der Waals surface area contributed by atoms with E-state index in [1.807, 2.05) is 29.1 Å². The number of aryl methyl sites for hydroxylation is 1. The number of carbonyl (C=O) groups is 1. The van der Waals surface area contributed by atoms with Crippen LogP contribution in [0, 0.1) is 0 Å². The molecule has 1 N–H and O–H groups in total. The van der Waals surface area contributed by atoms with Gasteiger partial charge in [-0.1, -0.05) is 55.9 Å². The van der Waals surface area contributed by atoms with Crippen molar-refractivity contribution in [1.82, 2.24) is 25.1 Å². The minimum Gasteiger partial charge on any atom is -0.356 e. The Kier molecular flexibility index (Phi) is 7.63. The fourth-order valence-electron chi connectivity index (χ4n) is 3.99. The number of amides is 1. The Morgan fingerprint density at radius 1 is 1.12 bits per heavy atom. The zero-order valence-corrected chi connectivity index (χ0v) is 19.8. The molecule has 1 saturated heterocycles. The molecule has 1 aliphatic heterocycles. The van der Waals surface area contributed by atoms with E-state index in [1.54, 1.807) is 11.8 Å². The molecule has 7 nitrogen and oxygen atoms in total. The Hall–Kier alpha value is -2.61. The Morgan fingerprint density at radius 3 is 2.66 bits per heavy atom. The molecule has 4 rings (SSSR count). The van der Waals surface area contributed by atoms with Crippen LogP contribution in [-0.4, -0.2) is 50.5 Å². The van der Waals surface area contributed by atoms with Crippen LogP contribution in [0.4, 0.5) is 5.82 Å². The Morgan fingerprint density at radius 2 is 1.91 bits per heavy atom. The molecule has 0 bridgehead atoms. The highest BCUT2D eigenvalue weighted by molar-refractivity contribution is 7.99. The fourth-order valence-corrected chi connectivity index (χ4v) is 4.69. The van der Waals surface area contributed by atoms with Gasteiger partial charge >= 0.3 is 0 Å². The predicted molar refractivity (Wildman–Crippen MR) is 130 cm³/mol. The Bertz CT molecular complexity index is 1030. The highest BCUT2D eigenvalue weighted by Crippen LogP contribution is 2.30. The lowest BCUT2D eigenvalue weighted by Gasteiger charge is -2.28. The summed E-state index contributed by atoms with van der Waals surface area (Å²) in [6, 6.07) is 10.1.